The summed E-state index contributed by atoms with van der Waals surface area (Å²) in [7, 11) is 4.07. The summed E-state index contributed by atoms with van der Waals surface area (Å²) in [6, 6.07) is 7.93. The Labute approximate surface area is 95.6 Å². The van der Waals surface area contributed by atoms with E-state index >= 15 is 0 Å². The Bertz CT molecular complexity index is 474. The lowest BCUT2D eigenvalue weighted by molar-refractivity contribution is 0.261. The number of hydrogen-bond acceptors (Lipinski definition) is 3. The van der Waals surface area contributed by atoms with Gasteiger partial charge in [-0.1, -0.05) is 0 Å². The molecule has 0 spiro atoms. The van der Waals surface area contributed by atoms with Crippen LogP contribution in [0.1, 0.15) is 5.76 Å². The number of aryl methyl sites for hydroxylation is 1. The van der Waals surface area contributed by atoms with Gasteiger partial charge in [0.1, 0.15) is 23.7 Å². The minimum atomic E-state index is 0.704. The van der Waals surface area contributed by atoms with E-state index in [-0.39, 0.29) is 0 Å². The van der Waals surface area contributed by atoms with Crippen molar-refractivity contribution in [2.75, 3.05) is 27.2 Å². The zero-order valence-corrected chi connectivity index (χ0v) is 9.99. The summed E-state index contributed by atoms with van der Waals surface area (Å²) in [5, 5.41) is 1.10. The summed E-state index contributed by atoms with van der Waals surface area (Å²) in [4.78, 5) is 2.10. The molecule has 0 radical (unpaired) electrons. The summed E-state index contributed by atoms with van der Waals surface area (Å²) in [6.45, 7) is 3.57. The van der Waals surface area contributed by atoms with Crippen molar-refractivity contribution in [1.29, 1.82) is 0 Å². The van der Waals surface area contributed by atoms with Gasteiger partial charge in [0, 0.05) is 11.9 Å². The Kier molecular flexibility index (Phi) is 3.15. The quantitative estimate of drug-likeness (QED) is 0.790. The standard InChI is InChI=1S/C13H17NO2/c1-10-8-11-9-12(4-5-13(11)16-10)15-7-6-14(2)3/h4-5,8-9H,6-7H2,1-3H3. The van der Waals surface area contributed by atoms with Crippen molar-refractivity contribution < 1.29 is 9.15 Å². The molecule has 86 valence electrons. The molecule has 0 saturated heterocycles. The minimum absolute atomic E-state index is 0.704. The van der Waals surface area contributed by atoms with E-state index in [1.807, 2.05) is 45.3 Å². The molecule has 0 aliphatic carbocycles. The lowest BCUT2D eigenvalue weighted by atomic mass is 10.2. The van der Waals surface area contributed by atoms with Crippen LogP contribution in [0.5, 0.6) is 5.75 Å². The van der Waals surface area contributed by atoms with Crippen molar-refractivity contribution in [3.05, 3.63) is 30.0 Å². The highest BCUT2D eigenvalue weighted by atomic mass is 16.5. The first-order valence-electron chi connectivity index (χ1n) is 5.43. The van der Waals surface area contributed by atoms with Crippen molar-refractivity contribution in [2.45, 2.75) is 6.92 Å². The van der Waals surface area contributed by atoms with Gasteiger partial charge in [0.15, 0.2) is 0 Å². The van der Waals surface area contributed by atoms with Gasteiger partial charge in [-0.2, -0.15) is 0 Å². The number of nitrogens with zero attached hydrogens (tertiary/aromatic N) is 1. The van der Waals surface area contributed by atoms with E-state index in [0.717, 1.165) is 29.0 Å². The van der Waals surface area contributed by atoms with Crippen LogP contribution in [-0.2, 0) is 0 Å². The average molecular weight is 219 g/mol. The van der Waals surface area contributed by atoms with Gasteiger partial charge in [0.05, 0.1) is 0 Å². The maximum absolute atomic E-state index is 5.65. The SMILES string of the molecule is Cc1cc2cc(OCCN(C)C)ccc2o1. The zero-order chi connectivity index (χ0) is 11.5. The van der Waals surface area contributed by atoms with Crippen LogP contribution in [0.4, 0.5) is 0 Å². The van der Waals surface area contributed by atoms with Crippen LogP contribution < -0.4 is 4.74 Å². The number of likely N-dealkylation sites (N-methyl/N-ethyl adjacent to an activating group) is 1. The van der Waals surface area contributed by atoms with Gasteiger partial charge in [-0.05, 0) is 45.3 Å². The molecule has 0 N–H and O–H groups in total. The van der Waals surface area contributed by atoms with Crippen LogP contribution in [0, 0.1) is 6.92 Å². The molecule has 1 heterocycles. The number of fused-ring (bicyclic) bond motifs is 1. The summed E-state index contributed by atoms with van der Waals surface area (Å²) in [6.07, 6.45) is 0. The molecule has 1 aromatic heterocycles. The normalized spacial score (nSPS) is 11.2. The number of benzene rings is 1. The third kappa shape index (κ3) is 2.55. The topological polar surface area (TPSA) is 25.6 Å². The number of furan rings is 1. The van der Waals surface area contributed by atoms with Crippen molar-refractivity contribution >= 4 is 11.0 Å². The summed E-state index contributed by atoms with van der Waals surface area (Å²) < 4.78 is 11.2. The van der Waals surface area contributed by atoms with Gasteiger partial charge >= 0.3 is 0 Å². The summed E-state index contributed by atoms with van der Waals surface area (Å²) in [5.41, 5.74) is 0.914. The van der Waals surface area contributed by atoms with E-state index in [1.54, 1.807) is 0 Å². The molecule has 0 atom stereocenters. The molecule has 0 fully saturated rings. The molecule has 2 aromatic rings. The van der Waals surface area contributed by atoms with Crippen LogP contribution in [0.2, 0.25) is 0 Å². The molecule has 0 saturated carbocycles. The highest BCUT2D eigenvalue weighted by Gasteiger charge is 2.02. The lowest BCUT2D eigenvalue weighted by Crippen LogP contribution is -2.19. The second-order valence-corrected chi connectivity index (χ2v) is 4.21. The van der Waals surface area contributed by atoms with Crippen LogP contribution in [0.25, 0.3) is 11.0 Å². The molecule has 3 heteroatoms. The number of ether oxygens (including phenoxy) is 1. The predicted molar refractivity (Wildman–Crippen MR) is 65.0 cm³/mol. The maximum atomic E-state index is 5.65. The van der Waals surface area contributed by atoms with Crippen molar-refractivity contribution in [2.24, 2.45) is 0 Å². The Morgan fingerprint density at radius 3 is 2.81 bits per heavy atom. The van der Waals surface area contributed by atoms with Gasteiger partial charge < -0.3 is 14.1 Å². The molecule has 3 nitrogen and oxygen atoms in total. The first-order chi connectivity index (χ1) is 7.65. The Morgan fingerprint density at radius 1 is 1.25 bits per heavy atom. The first-order valence-corrected chi connectivity index (χ1v) is 5.43. The summed E-state index contributed by atoms with van der Waals surface area (Å²) >= 11 is 0. The molecule has 0 amide bonds. The fourth-order valence-electron chi connectivity index (χ4n) is 1.59. The van der Waals surface area contributed by atoms with E-state index < -0.39 is 0 Å². The molecule has 0 aliphatic heterocycles. The maximum Gasteiger partial charge on any atom is 0.134 e. The van der Waals surface area contributed by atoms with E-state index in [9.17, 15) is 0 Å². The second-order valence-electron chi connectivity index (χ2n) is 4.21. The third-order valence-electron chi connectivity index (χ3n) is 2.42. The van der Waals surface area contributed by atoms with Gasteiger partial charge in [0.2, 0.25) is 0 Å². The van der Waals surface area contributed by atoms with Crippen LogP contribution in [0.15, 0.2) is 28.7 Å². The smallest absolute Gasteiger partial charge is 0.134 e. The number of hydrogen-bond donors (Lipinski definition) is 0. The predicted octanol–water partition coefficient (Wildman–Crippen LogP) is 2.68. The van der Waals surface area contributed by atoms with Crippen LogP contribution >= 0.6 is 0 Å². The fourth-order valence-corrected chi connectivity index (χ4v) is 1.59. The Morgan fingerprint density at radius 2 is 2.06 bits per heavy atom. The molecule has 1 aromatic carbocycles. The molecular weight excluding hydrogens is 202 g/mol. The Hall–Kier alpha value is -1.48. The largest absolute Gasteiger partial charge is 0.492 e. The highest BCUT2D eigenvalue weighted by molar-refractivity contribution is 5.79. The fraction of sp³-hybridized carbons (Fsp3) is 0.385. The van der Waals surface area contributed by atoms with E-state index in [0.29, 0.717) is 6.61 Å². The van der Waals surface area contributed by atoms with E-state index in [1.165, 1.54) is 0 Å². The second kappa shape index (κ2) is 4.58. The Balaban J connectivity index is 2.07. The van der Waals surface area contributed by atoms with Crippen molar-refractivity contribution in [3.63, 3.8) is 0 Å². The number of rotatable bonds is 4. The van der Waals surface area contributed by atoms with Gasteiger partial charge in [-0.3, -0.25) is 0 Å². The average Bonchev–Trinajstić information content (AvgIpc) is 2.56. The van der Waals surface area contributed by atoms with Gasteiger partial charge in [-0.25, -0.2) is 0 Å². The van der Waals surface area contributed by atoms with E-state index in [4.69, 9.17) is 9.15 Å². The van der Waals surface area contributed by atoms with Gasteiger partial charge in [0.25, 0.3) is 0 Å². The molecule has 0 aliphatic rings. The summed E-state index contributed by atoms with van der Waals surface area (Å²) in [5.74, 6) is 1.83. The van der Waals surface area contributed by atoms with Crippen LogP contribution in [0.3, 0.4) is 0 Å². The molecular formula is C13H17NO2. The highest BCUT2D eigenvalue weighted by Crippen LogP contribution is 2.23. The monoisotopic (exact) mass is 219 g/mol. The first kappa shape index (κ1) is 11.0. The third-order valence-corrected chi connectivity index (χ3v) is 2.42. The minimum Gasteiger partial charge on any atom is -0.492 e. The van der Waals surface area contributed by atoms with Crippen LogP contribution in [-0.4, -0.2) is 32.1 Å². The lowest BCUT2D eigenvalue weighted by Gasteiger charge is -2.10. The molecule has 0 bridgehead atoms. The van der Waals surface area contributed by atoms with E-state index in [2.05, 4.69) is 4.90 Å². The molecule has 0 unspecified atom stereocenters. The van der Waals surface area contributed by atoms with Crippen molar-refractivity contribution in [1.82, 2.24) is 4.90 Å². The molecule has 16 heavy (non-hydrogen) atoms. The zero-order valence-electron chi connectivity index (χ0n) is 9.99. The molecule has 2 rings (SSSR count). The van der Waals surface area contributed by atoms with Gasteiger partial charge in [-0.15, -0.1) is 0 Å². The van der Waals surface area contributed by atoms with Crippen molar-refractivity contribution in [3.8, 4) is 5.75 Å².